The van der Waals surface area contributed by atoms with Crippen molar-refractivity contribution in [3.05, 3.63) is 74.7 Å². The number of thiophene rings is 1. The second-order valence-electron chi connectivity index (χ2n) is 5.24. The average Bonchev–Trinajstić information content (AvgIpc) is 3.15. The Morgan fingerprint density at radius 3 is 2.84 bits per heavy atom. The Labute approximate surface area is 153 Å². The van der Waals surface area contributed by atoms with E-state index in [2.05, 4.69) is 14.8 Å². The van der Waals surface area contributed by atoms with Gasteiger partial charge in [-0.15, -0.1) is 11.3 Å². The van der Waals surface area contributed by atoms with E-state index in [1.165, 1.54) is 23.1 Å². The highest BCUT2D eigenvalue weighted by Crippen LogP contribution is 2.31. The molecule has 2 N–H and O–H groups in total. The number of hydrogen-bond donors (Lipinski definition) is 2. The molecular formula is C18H15N3O2S2. The number of aromatic nitrogens is 2. The summed E-state index contributed by atoms with van der Waals surface area (Å²) in [6, 6.07) is 11.7. The fourth-order valence-corrected chi connectivity index (χ4v) is 3.88. The van der Waals surface area contributed by atoms with Gasteiger partial charge in [0.05, 0.1) is 12.3 Å². The van der Waals surface area contributed by atoms with E-state index in [1.54, 1.807) is 0 Å². The Morgan fingerprint density at radius 1 is 1.28 bits per heavy atom. The van der Waals surface area contributed by atoms with Crippen LogP contribution in [0.15, 0.2) is 51.7 Å². The van der Waals surface area contributed by atoms with Crippen LogP contribution in [-0.4, -0.2) is 21.7 Å². The van der Waals surface area contributed by atoms with Crippen LogP contribution in [0.5, 0.6) is 0 Å². The van der Waals surface area contributed by atoms with E-state index in [4.69, 9.17) is 11.7 Å². The number of benzene rings is 1. The van der Waals surface area contributed by atoms with Gasteiger partial charge in [-0.05, 0) is 29.0 Å². The minimum absolute atomic E-state index is 0.0248. The molecule has 0 amide bonds. The van der Waals surface area contributed by atoms with Crippen molar-refractivity contribution in [3.63, 3.8) is 0 Å². The molecule has 5 nitrogen and oxygen atoms in total. The van der Waals surface area contributed by atoms with Crippen LogP contribution in [0.25, 0.3) is 15.4 Å². The van der Waals surface area contributed by atoms with E-state index in [-0.39, 0.29) is 12.3 Å². The second-order valence-corrected chi connectivity index (χ2v) is 7.15. The molecule has 0 fully saturated rings. The van der Waals surface area contributed by atoms with Crippen LogP contribution in [0.3, 0.4) is 0 Å². The van der Waals surface area contributed by atoms with Crippen molar-refractivity contribution in [1.29, 1.82) is 0 Å². The Kier molecular flexibility index (Phi) is 5.66. The van der Waals surface area contributed by atoms with Gasteiger partial charge in [-0.2, -0.15) is 0 Å². The van der Waals surface area contributed by atoms with Gasteiger partial charge in [0.2, 0.25) is 0 Å². The molecule has 0 radical (unpaired) electrons. The number of hydrogen-bond acceptors (Lipinski definition) is 5. The number of aliphatic hydroxyl groups excluding tert-OH is 1. The van der Waals surface area contributed by atoms with Crippen LogP contribution in [-0.2, 0) is 12.2 Å². The molecule has 0 saturated carbocycles. The molecule has 3 rings (SSSR count). The smallest absolute Gasteiger partial charge is 0.276 e. The van der Waals surface area contributed by atoms with Crippen molar-refractivity contribution in [3.8, 4) is 10.6 Å². The summed E-state index contributed by atoms with van der Waals surface area (Å²) >= 11 is 2.87. The topological polar surface area (TPSA) is 70.3 Å². The van der Waals surface area contributed by atoms with Crippen molar-refractivity contribution < 1.29 is 5.11 Å². The fraction of sp³-hybridized carbons (Fsp3) is 0.167. The molecule has 0 spiro atoms. The maximum Gasteiger partial charge on any atom is 0.276 e. The first-order valence-electron chi connectivity index (χ1n) is 7.58. The summed E-state index contributed by atoms with van der Waals surface area (Å²) in [6.45, 7) is 7.36. The lowest BCUT2D eigenvalue weighted by Gasteiger charge is -2.06. The molecule has 0 atom stereocenters. The number of aliphatic hydroxyl groups is 1. The van der Waals surface area contributed by atoms with Crippen LogP contribution in [0.4, 0.5) is 5.69 Å². The number of nitrogens with zero attached hydrogens (tertiary/aromatic N) is 2. The van der Waals surface area contributed by atoms with Crippen LogP contribution in [0.1, 0.15) is 11.1 Å². The molecule has 0 aliphatic carbocycles. The largest absolute Gasteiger partial charge is 0.396 e. The van der Waals surface area contributed by atoms with Crippen LogP contribution < -0.4 is 5.56 Å². The predicted octanol–water partition coefficient (Wildman–Crippen LogP) is 3.88. The number of H-pyrrole nitrogens is 1. The molecule has 2 aromatic heterocycles. The molecule has 25 heavy (non-hydrogen) atoms. The molecule has 3 aromatic rings. The van der Waals surface area contributed by atoms with Gasteiger partial charge in [-0.1, -0.05) is 42.1 Å². The molecule has 0 bridgehead atoms. The molecule has 7 heteroatoms. The van der Waals surface area contributed by atoms with E-state index in [0.29, 0.717) is 23.0 Å². The summed E-state index contributed by atoms with van der Waals surface area (Å²) in [4.78, 5) is 23.5. The van der Waals surface area contributed by atoms with Gasteiger partial charge in [0.1, 0.15) is 0 Å². The summed E-state index contributed by atoms with van der Waals surface area (Å²) < 4.78 is 0. The average molecular weight is 369 g/mol. The van der Waals surface area contributed by atoms with Crippen LogP contribution >= 0.6 is 23.1 Å². The van der Waals surface area contributed by atoms with Gasteiger partial charge in [0, 0.05) is 17.2 Å². The molecule has 126 valence electrons. The maximum absolute atomic E-state index is 12.2. The molecule has 0 unspecified atom stereocenters. The Morgan fingerprint density at radius 2 is 2.12 bits per heavy atom. The minimum atomic E-state index is -0.412. The van der Waals surface area contributed by atoms with Gasteiger partial charge in [0.25, 0.3) is 11.2 Å². The van der Waals surface area contributed by atoms with E-state index >= 15 is 0 Å². The summed E-state index contributed by atoms with van der Waals surface area (Å²) in [5, 5.41) is 11.4. The Hall–Kier alpha value is -2.40. The quantitative estimate of drug-likeness (QED) is 0.393. The van der Waals surface area contributed by atoms with Crippen LogP contribution in [0, 0.1) is 6.57 Å². The summed E-state index contributed by atoms with van der Waals surface area (Å²) in [7, 11) is 0. The SMILES string of the molecule is [C-]#[N+]c1c(-c2cccs2)nc(SCc2cccc(CCO)c2)[nH]c1=O. The first-order valence-corrected chi connectivity index (χ1v) is 9.45. The summed E-state index contributed by atoms with van der Waals surface area (Å²) in [5.74, 6) is 0.642. The molecule has 0 aliphatic heterocycles. The van der Waals surface area contributed by atoms with E-state index in [1.807, 2.05) is 41.8 Å². The highest BCUT2D eigenvalue weighted by molar-refractivity contribution is 7.98. The zero-order chi connectivity index (χ0) is 17.6. The van der Waals surface area contributed by atoms with Gasteiger partial charge in [-0.25, -0.2) is 9.83 Å². The lowest BCUT2D eigenvalue weighted by atomic mass is 10.1. The second kappa shape index (κ2) is 8.12. The van der Waals surface area contributed by atoms with Crippen LogP contribution in [0.2, 0.25) is 0 Å². The molecule has 1 aromatic carbocycles. The normalized spacial score (nSPS) is 10.6. The third-order valence-corrected chi connectivity index (χ3v) is 5.33. The lowest BCUT2D eigenvalue weighted by Crippen LogP contribution is -2.09. The Balaban J connectivity index is 1.85. The zero-order valence-corrected chi connectivity index (χ0v) is 14.9. The molecule has 0 aliphatic rings. The van der Waals surface area contributed by atoms with Gasteiger partial charge in [0.15, 0.2) is 5.16 Å². The fourth-order valence-electron chi connectivity index (χ4n) is 2.36. The first kappa shape index (κ1) is 17.4. The van der Waals surface area contributed by atoms with Crippen molar-refractivity contribution in [2.45, 2.75) is 17.3 Å². The summed E-state index contributed by atoms with van der Waals surface area (Å²) in [6.07, 6.45) is 0.621. The number of rotatable bonds is 6. The Bertz CT molecular complexity index is 959. The van der Waals surface area contributed by atoms with Crippen molar-refractivity contribution in [2.75, 3.05) is 6.61 Å². The predicted molar refractivity (Wildman–Crippen MR) is 101 cm³/mol. The molecule has 2 heterocycles. The number of aromatic amines is 1. The van der Waals surface area contributed by atoms with Crippen molar-refractivity contribution >= 4 is 28.8 Å². The van der Waals surface area contributed by atoms with Gasteiger partial charge in [-0.3, -0.25) is 4.79 Å². The summed E-state index contributed by atoms with van der Waals surface area (Å²) in [5.41, 5.74) is 2.21. The van der Waals surface area contributed by atoms with E-state index < -0.39 is 5.56 Å². The van der Waals surface area contributed by atoms with Gasteiger partial charge < -0.3 is 10.1 Å². The standard InChI is InChI=1S/C18H15N3O2S2/c1-19-16-15(14-6-3-9-24-14)20-18(21-17(16)23)25-11-13-5-2-4-12(10-13)7-8-22/h2-6,9-10,22H,7-8,11H2,(H,20,21,23). The highest BCUT2D eigenvalue weighted by atomic mass is 32.2. The number of nitrogens with one attached hydrogen (secondary N) is 1. The zero-order valence-electron chi connectivity index (χ0n) is 13.2. The number of thioether (sulfide) groups is 1. The van der Waals surface area contributed by atoms with Gasteiger partial charge >= 0.3 is 0 Å². The monoisotopic (exact) mass is 369 g/mol. The first-order chi connectivity index (χ1) is 12.2. The molecule has 0 saturated heterocycles. The minimum Gasteiger partial charge on any atom is -0.396 e. The highest BCUT2D eigenvalue weighted by Gasteiger charge is 2.14. The van der Waals surface area contributed by atoms with E-state index in [0.717, 1.165) is 16.0 Å². The third-order valence-electron chi connectivity index (χ3n) is 3.51. The van der Waals surface area contributed by atoms with E-state index in [9.17, 15) is 4.79 Å². The maximum atomic E-state index is 12.2. The molecular weight excluding hydrogens is 354 g/mol. The van der Waals surface area contributed by atoms with Crippen molar-refractivity contribution in [2.24, 2.45) is 0 Å². The third kappa shape index (κ3) is 4.17. The lowest BCUT2D eigenvalue weighted by molar-refractivity contribution is 0.299. The van der Waals surface area contributed by atoms with Crippen molar-refractivity contribution in [1.82, 2.24) is 9.97 Å².